The second-order valence-electron chi connectivity index (χ2n) is 5.02. The monoisotopic (exact) mass is 353 g/mol. The quantitative estimate of drug-likeness (QED) is 0.614. The molecule has 2 aromatic carbocycles. The van der Waals surface area contributed by atoms with Crippen molar-refractivity contribution in [1.29, 1.82) is 0 Å². The summed E-state index contributed by atoms with van der Waals surface area (Å²) in [5.74, 6) is -4.82. The topological polar surface area (TPSA) is 63.7 Å². The first-order valence-corrected chi connectivity index (χ1v) is 6.77. The fourth-order valence-corrected chi connectivity index (χ4v) is 2.24. The molecular formula is C16H7F4NO4. The molecule has 2 aromatic rings. The van der Waals surface area contributed by atoms with Gasteiger partial charge in [0.15, 0.2) is 0 Å². The summed E-state index contributed by atoms with van der Waals surface area (Å²) in [5.41, 5.74) is -2.40. The van der Waals surface area contributed by atoms with Gasteiger partial charge in [0.1, 0.15) is 5.82 Å². The van der Waals surface area contributed by atoms with E-state index in [1.165, 1.54) is 24.3 Å². The number of nitrogens with zero attached hydrogens (tertiary/aromatic N) is 1. The molecule has 1 aliphatic rings. The fourth-order valence-electron chi connectivity index (χ4n) is 2.24. The van der Waals surface area contributed by atoms with Crippen LogP contribution in [-0.2, 0) is 11.0 Å². The molecule has 9 heteroatoms. The second kappa shape index (κ2) is 5.69. The lowest BCUT2D eigenvalue weighted by atomic mass is 10.1. The number of hydrogen-bond donors (Lipinski definition) is 0. The number of alkyl halides is 3. The van der Waals surface area contributed by atoms with E-state index < -0.39 is 40.9 Å². The Labute approximate surface area is 137 Å². The first-order chi connectivity index (χ1) is 11.7. The molecule has 0 unspecified atom stereocenters. The number of imide groups is 1. The van der Waals surface area contributed by atoms with Crippen LogP contribution in [0.2, 0.25) is 0 Å². The molecule has 0 spiro atoms. The van der Waals surface area contributed by atoms with Crippen molar-refractivity contribution in [1.82, 2.24) is 5.06 Å². The van der Waals surface area contributed by atoms with Gasteiger partial charge in [-0.3, -0.25) is 9.59 Å². The molecule has 0 aliphatic carbocycles. The summed E-state index contributed by atoms with van der Waals surface area (Å²) in [5, 5.41) is 0.0900. The van der Waals surface area contributed by atoms with Crippen molar-refractivity contribution in [2.45, 2.75) is 6.18 Å². The van der Waals surface area contributed by atoms with Crippen LogP contribution in [0.15, 0.2) is 42.5 Å². The molecule has 3 rings (SSSR count). The smallest absolute Gasteiger partial charge is 0.324 e. The van der Waals surface area contributed by atoms with Crippen molar-refractivity contribution >= 4 is 17.8 Å². The first kappa shape index (κ1) is 16.6. The molecule has 1 aliphatic heterocycles. The molecule has 0 fully saturated rings. The van der Waals surface area contributed by atoms with Gasteiger partial charge in [-0.05, 0) is 30.3 Å². The molecule has 0 saturated carbocycles. The van der Waals surface area contributed by atoms with Crippen LogP contribution in [0.1, 0.15) is 36.6 Å². The Balaban J connectivity index is 1.89. The minimum absolute atomic E-state index is 0.0372. The molecule has 25 heavy (non-hydrogen) atoms. The third kappa shape index (κ3) is 2.84. The summed E-state index contributed by atoms with van der Waals surface area (Å²) in [6, 6.07) is 6.72. The maximum atomic E-state index is 13.7. The summed E-state index contributed by atoms with van der Waals surface area (Å²) in [6.07, 6.45) is -4.81. The molecule has 0 atom stereocenters. The SMILES string of the molecule is O=C(ON1C(=O)c2ccccc2C1=O)c1cc(C(F)(F)F)ccc1F. The minimum Gasteiger partial charge on any atom is -0.324 e. The van der Waals surface area contributed by atoms with Crippen LogP contribution in [0.4, 0.5) is 17.6 Å². The standard InChI is InChI=1S/C16H7F4NO4/c17-12-6-5-8(16(18,19)20)7-11(12)15(24)25-21-13(22)9-3-1-2-4-10(9)14(21)23/h1-7H. The molecule has 1 heterocycles. The van der Waals surface area contributed by atoms with Gasteiger partial charge in [-0.25, -0.2) is 9.18 Å². The lowest BCUT2D eigenvalue weighted by Gasteiger charge is -2.14. The average Bonchev–Trinajstić information content (AvgIpc) is 2.79. The zero-order chi connectivity index (χ0) is 18.4. The number of hydrogen-bond acceptors (Lipinski definition) is 4. The van der Waals surface area contributed by atoms with Crippen molar-refractivity contribution in [2.75, 3.05) is 0 Å². The molecule has 5 nitrogen and oxygen atoms in total. The van der Waals surface area contributed by atoms with Crippen molar-refractivity contribution < 1.29 is 36.8 Å². The Morgan fingerprint density at radius 3 is 2.04 bits per heavy atom. The molecule has 128 valence electrons. The average molecular weight is 353 g/mol. The zero-order valence-corrected chi connectivity index (χ0v) is 12.1. The third-order valence-electron chi connectivity index (χ3n) is 3.44. The van der Waals surface area contributed by atoms with Gasteiger partial charge >= 0.3 is 12.1 Å². The van der Waals surface area contributed by atoms with Gasteiger partial charge in [0.2, 0.25) is 0 Å². The van der Waals surface area contributed by atoms with Gasteiger partial charge in [0.05, 0.1) is 22.3 Å². The summed E-state index contributed by atoms with van der Waals surface area (Å²) in [6.45, 7) is 0. The predicted octanol–water partition coefficient (Wildman–Crippen LogP) is 3.21. The minimum atomic E-state index is -4.81. The van der Waals surface area contributed by atoms with Crippen LogP contribution in [0.3, 0.4) is 0 Å². The van der Waals surface area contributed by atoms with Crippen molar-refractivity contribution in [2.24, 2.45) is 0 Å². The Morgan fingerprint density at radius 1 is 0.960 bits per heavy atom. The lowest BCUT2D eigenvalue weighted by molar-refractivity contribution is -0.137. The highest BCUT2D eigenvalue weighted by Gasteiger charge is 2.39. The number of halogens is 4. The second-order valence-corrected chi connectivity index (χ2v) is 5.02. The lowest BCUT2D eigenvalue weighted by Crippen LogP contribution is -2.33. The van der Waals surface area contributed by atoms with E-state index in [9.17, 15) is 31.9 Å². The van der Waals surface area contributed by atoms with Gasteiger partial charge in [-0.1, -0.05) is 17.2 Å². The molecule has 0 bridgehead atoms. The maximum Gasteiger partial charge on any atom is 0.416 e. The molecular weight excluding hydrogens is 346 g/mol. The van der Waals surface area contributed by atoms with Crippen LogP contribution in [0.25, 0.3) is 0 Å². The number of rotatable bonds is 2. The highest BCUT2D eigenvalue weighted by molar-refractivity contribution is 6.21. The van der Waals surface area contributed by atoms with E-state index in [1.807, 2.05) is 0 Å². The Morgan fingerprint density at radius 2 is 1.52 bits per heavy atom. The van der Waals surface area contributed by atoms with Crippen LogP contribution < -0.4 is 0 Å². The van der Waals surface area contributed by atoms with Crippen LogP contribution in [-0.4, -0.2) is 22.8 Å². The Kier molecular flexibility index (Phi) is 3.78. The van der Waals surface area contributed by atoms with Crippen LogP contribution in [0, 0.1) is 5.82 Å². The van der Waals surface area contributed by atoms with Crippen molar-refractivity contribution in [3.63, 3.8) is 0 Å². The molecule has 2 amide bonds. The molecule has 0 N–H and O–H groups in total. The molecule has 0 saturated heterocycles. The van der Waals surface area contributed by atoms with E-state index in [2.05, 4.69) is 4.84 Å². The molecule has 0 aromatic heterocycles. The Bertz CT molecular complexity index is 872. The zero-order valence-electron chi connectivity index (χ0n) is 12.1. The third-order valence-corrected chi connectivity index (χ3v) is 3.44. The van der Waals surface area contributed by atoms with Gasteiger partial charge in [-0.15, -0.1) is 0 Å². The predicted molar refractivity (Wildman–Crippen MR) is 73.8 cm³/mol. The summed E-state index contributed by atoms with van der Waals surface area (Å²) < 4.78 is 51.7. The summed E-state index contributed by atoms with van der Waals surface area (Å²) in [4.78, 5) is 40.6. The normalized spacial score (nSPS) is 13.8. The van der Waals surface area contributed by atoms with E-state index >= 15 is 0 Å². The number of carbonyl (C=O) groups excluding carboxylic acids is 3. The van der Waals surface area contributed by atoms with E-state index in [-0.39, 0.29) is 22.3 Å². The van der Waals surface area contributed by atoms with Crippen molar-refractivity contribution in [3.8, 4) is 0 Å². The summed E-state index contributed by atoms with van der Waals surface area (Å²) >= 11 is 0. The maximum absolute atomic E-state index is 13.7. The first-order valence-electron chi connectivity index (χ1n) is 6.77. The largest absolute Gasteiger partial charge is 0.416 e. The van der Waals surface area contributed by atoms with E-state index in [1.54, 1.807) is 0 Å². The van der Waals surface area contributed by atoms with Crippen LogP contribution in [0.5, 0.6) is 0 Å². The highest BCUT2D eigenvalue weighted by Crippen LogP contribution is 2.31. The van der Waals surface area contributed by atoms with Crippen LogP contribution >= 0.6 is 0 Å². The molecule has 0 radical (unpaired) electrons. The van der Waals surface area contributed by atoms with Gasteiger partial charge < -0.3 is 4.84 Å². The summed E-state index contributed by atoms with van der Waals surface area (Å²) in [7, 11) is 0. The number of benzene rings is 2. The van der Waals surface area contributed by atoms with E-state index in [0.717, 1.165) is 0 Å². The number of amides is 2. The van der Waals surface area contributed by atoms with Crippen molar-refractivity contribution in [3.05, 3.63) is 70.5 Å². The van der Waals surface area contributed by atoms with E-state index in [4.69, 9.17) is 0 Å². The van der Waals surface area contributed by atoms with Gasteiger partial charge in [0.25, 0.3) is 11.8 Å². The number of hydroxylamine groups is 2. The van der Waals surface area contributed by atoms with Gasteiger partial charge in [-0.2, -0.15) is 13.2 Å². The number of carbonyl (C=O) groups is 3. The number of fused-ring (bicyclic) bond motifs is 1. The van der Waals surface area contributed by atoms with E-state index in [0.29, 0.717) is 12.1 Å². The Hall–Kier alpha value is -3.23. The van der Waals surface area contributed by atoms with Gasteiger partial charge in [0, 0.05) is 0 Å². The highest BCUT2D eigenvalue weighted by atomic mass is 19.4. The fraction of sp³-hybridized carbons (Fsp3) is 0.0625.